The normalized spacial score (nSPS) is 51.2. The lowest BCUT2D eigenvalue weighted by atomic mass is 9.52. The van der Waals surface area contributed by atoms with Crippen molar-refractivity contribution in [3.05, 3.63) is 0 Å². The molecule has 0 aromatic rings. The van der Waals surface area contributed by atoms with Crippen molar-refractivity contribution >= 4 is 5.97 Å². The van der Waals surface area contributed by atoms with Crippen molar-refractivity contribution in [1.82, 2.24) is 0 Å². The summed E-state index contributed by atoms with van der Waals surface area (Å²) < 4.78 is 5.20. The summed E-state index contributed by atoms with van der Waals surface area (Å²) in [5, 5.41) is 0. The lowest BCUT2D eigenvalue weighted by Crippen LogP contribution is -2.45. The van der Waals surface area contributed by atoms with E-state index in [-0.39, 0.29) is 11.4 Å². The highest BCUT2D eigenvalue weighted by Crippen LogP contribution is 2.58. The summed E-state index contributed by atoms with van der Waals surface area (Å²) in [5.74, 6) is 2.57. The zero-order valence-electron chi connectivity index (χ0n) is 8.79. The van der Waals surface area contributed by atoms with E-state index in [1.165, 1.54) is 25.7 Å². The Kier molecular flexibility index (Phi) is 1.71. The van der Waals surface area contributed by atoms with Gasteiger partial charge in [-0.15, -0.1) is 0 Å². The predicted octanol–water partition coefficient (Wildman–Crippen LogP) is 2.38. The highest BCUT2D eigenvalue weighted by Gasteiger charge is 2.54. The van der Waals surface area contributed by atoms with Crippen molar-refractivity contribution in [1.29, 1.82) is 0 Å². The summed E-state index contributed by atoms with van der Waals surface area (Å²) in [6.07, 6.45) is 6.03. The lowest BCUT2D eigenvalue weighted by Gasteiger charge is -2.51. The Morgan fingerprint density at radius 3 is 2.79 bits per heavy atom. The summed E-state index contributed by atoms with van der Waals surface area (Å²) in [4.78, 5) is 11.3. The van der Waals surface area contributed by atoms with Gasteiger partial charge >= 0.3 is 5.97 Å². The third-order valence-electron chi connectivity index (χ3n) is 4.90. The molecule has 14 heavy (non-hydrogen) atoms. The molecule has 3 unspecified atom stereocenters. The first-order chi connectivity index (χ1) is 6.70. The molecule has 4 aliphatic rings. The van der Waals surface area contributed by atoms with Gasteiger partial charge in [0.2, 0.25) is 0 Å². The maximum Gasteiger partial charge on any atom is 0.306 e. The van der Waals surface area contributed by atoms with Crippen LogP contribution in [0.25, 0.3) is 0 Å². The molecule has 0 aromatic carbocycles. The minimum Gasteiger partial charge on any atom is -0.465 e. The van der Waals surface area contributed by atoms with Gasteiger partial charge in [0.05, 0.1) is 13.0 Å². The maximum absolute atomic E-state index is 11.3. The molecule has 4 fully saturated rings. The van der Waals surface area contributed by atoms with E-state index in [4.69, 9.17) is 4.74 Å². The van der Waals surface area contributed by atoms with Gasteiger partial charge in [0.25, 0.3) is 0 Å². The third kappa shape index (κ3) is 1.06. The zero-order chi connectivity index (χ0) is 9.76. The van der Waals surface area contributed by atoms with E-state index in [0.29, 0.717) is 6.42 Å². The molecule has 1 aliphatic heterocycles. The second-order valence-electron chi connectivity index (χ2n) is 5.65. The van der Waals surface area contributed by atoms with Crippen LogP contribution >= 0.6 is 0 Å². The fraction of sp³-hybridized carbons (Fsp3) is 0.917. The van der Waals surface area contributed by atoms with E-state index >= 15 is 0 Å². The van der Waals surface area contributed by atoms with Crippen LogP contribution in [0, 0.1) is 23.2 Å². The van der Waals surface area contributed by atoms with E-state index in [9.17, 15) is 4.79 Å². The van der Waals surface area contributed by atoms with E-state index in [1.807, 2.05) is 0 Å². The summed E-state index contributed by atoms with van der Waals surface area (Å²) in [7, 11) is 0. The van der Waals surface area contributed by atoms with Crippen molar-refractivity contribution in [2.24, 2.45) is 23.2 Å². The number of fused-ring (bicyclic) bond motifs is 2. The Hall–Kier alpha value is -0.530. The number of carbonyl (C=O) groups is 1. The number of rotatable bonds is 0. The van der Waals surface area contributed by atoms with E-state index in [2.05, 4.69) is 6.92 Å². The average molecular weight is 194 g/mol. The minimum atomic E-state index is 0.0465. The molecule has 4 atom stereocenters. The molecule has 3 aliphatic carbocycles. The fourth-order valence-corrected chi connectivity index (χ4v) is 4.01. The van der Waals surface area contributed by atoms with Crippen molar-refractivity contribution in [3.63, 3.8) is 0 Å². The average Bonchev–Trinajstić information content (AvgIpc) is 2.51. The first kappa shape index (κ1) is 8.75. The Bertz CT molecular complexity index is 273. The molecular formula is C12H18O2. The fourth-order valence-electron chi connectivity index (χ4n) is 4.01. The Morgan fingerprint density at radius 2 is 2.29 bits per heavy atom. The van der Waals surface area contributed by atoms with Gasteiger partial charge in [-0.1, -0.05) is 6.92 Å². The zero-order valence-corrected chi connectivity index (χ0v) is 8.79. The van der Waals surface area contributed by atoms with Gasteiger partial charge in [0, 0.05) is 5.41 Å². The second kappa shape index (κ2) is 2.74. The van der Waals surface area contributed by atoms with E-state index in [0.717, 1.165) is 24.4 Å². The number of cyclic esters (lactones) is 1. The first-order valence-electron chi connectivity index (χ1n) is 5.85. The highest BCUT2D eigenvalue weighted by atomic mass is 16.5. The van der Waals surface area contributed by atoms with Gasteiger partial charge in [-0.3, -0.25) is 4.79 Å². The smallest absolute Gasteiger partial charge is 0.306 e. The summed E-state index contributed by atoms with van der Waals surface area (Å²) >= 11 is 0. The van der Waals surface area contributed by atoms with Gasteiger partial charge in [0.1, 0.15) is 0 Å². The molecule has 2 nitrogen and oxygen atoms in total. The van der Waals surface area contributed by atoms with Gasteiger partial charge in [-0.2, -0.15) is 0 Å². The summed E-state index contributed by atoms with van der Waals surface area (Å²) in [5.41, 5.74) is 0.270. The van der Waals surface area contributed by atoms with Crippen molar-refractivity contribution in [2.45, 2.75) is 39.0 Å². The molecule has 3 saturated carbocycles. The molecular weight excluding hydrogens is 176 g/mol. The van der Waals surface area contributed by atoms with Crippen LogP contribution in [0.5, 0.6) is 0 Å². The van der Waals surface area contributed by atoms with Crippen molar-refractivity contribution < 1.29 is 9.53 Å². The van der Waals surface area contributed by atoms with Gasteiger partial charge in [-0.05, 0) is 43.4 Å². The largest absolute Gasteiger partial charge is 0.465 e. The van der Waals surface area contributed by atoms with Crippen LogP contribution in [0.4, 0.5) is 0 Å². The number of hydrogen-bond donors (Lipinski definition) is 0. The molecule has 4 rings (SSSR count). The molecule has 0 amide bonds. The molecule has 2 heteroatoms. The molecule has 1 spiro atoms. The maximum atomic E-state index is 11.3. The summed E-state index contributed by atoms with van der Waals surface area (Å²) in [6, 6.07) is 0. The minimum absolute atomic E-state index is 0.0465. The van der Waals surface area contributed by atoms with E-state index < -0.39 is 0 Å². The van der Waals surface area contributed by atoms with Crippen LogP contribution in [0.3, 0.4) is 0 Å². The SMILES string of the molecule is C[C@@H]1CC2CCC1CC21COC(=O)C1. The van der Waals surface area contributed by atoms with Crippen LogP contribution in [-0.2, 0) is 9.53 Å². The first-order valence-corrected chi connectivity index (χ1v) is 5.85. The molecule has 1 heterocycles. The Balaban J connectivity index is 1.86. The molecule has 1 saturated heterocycles. The monoisotopic (exact) mass is 194 g/mol. The quantitative estimate of drug-likeness (QED) is 0.553. The van der Waals surface area contributed by atoms with Crippen LogP contribution < -0.4 is 0 Å². The lowest BCUT2D eigenvalue weighted by molar-refractivity contribution is -0.137. The van der Waals surface area contributed by atoms with Gasteiger partial charge in [0.15, 0.2) is 0 Å². The molecule has 0 radical (unpaired) electrons. The molecule has 2 bridgehead atoms. The molecule has 78 valence electrons. The molecule has 0 aromatic heterocycles. The standard InChI is InChI=1S/C12H18O2/c1-8-4-10-3-2-9(8)5-12(10)6-11(13)14-7-12/h8-10H,2-7H2,1H3/t8-,9?,10?,12?/m1/s1. The third-order valence-corrected chi connectivity index (χ3v) is 4.90. The van der Waals surface area contributed by atoms with Crippen LogP contribution in [0.1, 0.15) is 39.0 Å². The topological polar surface area (TPSA) is 26.3 Å². The van der Waals surface area contributed by atoms with Gasteiger partial charge in [-0.25, -0.2) is 0 Å². The van der Waals surface area contributed by atoms with Crippen molar-refractivity contribution in [3.8, 4) is 0 Å². The number of ether oxygens (including phenoxy) is 1. The van der Waals surface area contributed by atoms with Crippen LogP contribution in [0.15, 0.2) is 0 Å². The predicted molar refractivity (Wildman–Crippen MR) is 52.6 cm³/mol. The van der Waals surface area contributed by atoms with Crippen LogP contribution in [-0.4, -0.2) is 12.6 Å². The van der Waals surface area contributed by atoms with Gasteiger partial charge < -0.3 is 4.74 Å². The molecule has 0 N–H and O–H groups in total. The van der Waals surface area contributed by atoms with Crippen LogP contribution in [0.2, 0.25) is 0 Å². The number of esters is 1. The number of hydrogen-bond acceptors (Lipinski definition) is 2. The van der Waals surface area contributed by atoms with E-state index in [1.54, 1.807) is 0 Å². The number of carbonyl (C=O) groups excluding carboxylic acids is 1. The highest BCUT2D eigenvalue weighted by molar-refractivity contribution is 5.72. The second-order valence-corrected chi connectivity index (χ2v) is 5.65. The summed E-state index contributed by atoms with van der Waals surface area (Å²) in [6.45, 7) is 3.10. The van der Waals surface area contributed by atoms with Crippen molar-refractivity contribution in [2.75, 3.05) is 6.61 Å². The Morgan fingerprint density at radius 1 is 1.43 bits per heavy atom. The Labute approximate surface area is 85.0 Å².